The summed E-state index contributed by atoms with van der Waals surface area (Å²) in [6.07, 6.45) is 2.53. The zero-order chi connectivity index (χ0) is 13.8. The third-order valence-electron chi connectivity index (χ3n) is 2.42. The molecule has 0 radical (unpaired) electrons. The van der Waals surface area contributed by atoms with Gasteiger partial charge in [-0.05, 0) is 40.5 Å². The topological polar surface area (TPSA) is 74.0 Å². The molecular formula is C12H12BrN3O2S. The SMILES string of the molecule is CCc1ccc(C(=O)NNC(=O)c2cc(Br)c[nH]2)s1. The van der Waals surface area contributed by atoms with Gasteiger partial charge in [0.2, 0.25) is 0 Å². The molecule has 0 atom stereocenters. The van der Waals surface area contributed by atoms with Gasteiger partial charge in [0.1, 0.15) is 5.69 Å². The first-order valence-corrected chi connectivity index (χ1v) is 7.24. The van der Waals surface area contributed by atoms with Crippen LogP contribution in [0.15, 0.2) is 28.9 Å². The van der Waals surface area contributed by atoms with E-state index < -0.39 is 5.91 Å². The van der Waals surface area contributed by atoms with Crippen molar-refractivity contribution in [3.63, 3.8) is 0 Å². The Morgan fingerprint density at radius 3 is 2.63 bits per heavy atom. The number of nitrogens with one attached hydrogen (secondary N) is 3. The number of thiophene rings is 1. The number of H-pyrrole nitrogens is 1. The number of amides is 2. The molecule has 0 unspecified atom stereocenters. The molecule has 0 fully saturated rings. The van der Waals surface area contributed by atoms with Gasteiger partial charge in [-0.25, -0.2) is 0 Å². The largest absolute Gasteiger partial charge is 0.356 e. The molecule has 7 heteroatoms. The lowest BCUT2D eigenvalue weighted by Crippen LogP contribution is -2.41. The van der Waals surface area contributed by atoms with Gasteiger partial charge >= 0.3 is 0 Å². The molecule has 0 bridgehead atoms. The fourth-order valence-corrected chi connectivity index (χ4v) is 2.62. The molecule has 0 saturated carbocycles. The van der Waals surface area contributed by atoms with Crippen LogP contribution in [0.4, 0.5) is 0 Å². The van der Waals surface area contributed by atoms with E-state index in [9.17, 15) is 9.59 Å². The predicted molar refractivity (Wildman–Crippen MR) is 77.1 cm³/mol. The molecule has 3 N–H and O–H groups in total. The minimum Gasteiger partial charge on any atom is -0.356 e. The van der Waals surface area contributed by atoms with Crippen molar-refractivity contribution in [2.75, 3.05) is 0 Å². The van der Waals surface area contributed by atoms with Gasteiger partial charge in [0.15, 0.2) is 0 Å². The average Bonchev–Trinajstić information content (AvgIpc) is 3.04. The van der Waals surface area contributed by atoms with Crippen LogP contribution >= 0.6 is 27.3 Å². The van der Waals surface area contributed by atoms with Crippen molar-refractivity contribution in [2.45, 2.75) is 13.3 Å². The molecule has 0 spiro atoms. The number of rotatable bonds is 3. The minimum absolute atomic E-state index is 0.316. The van der Waals surface area contributed by atoms with Gasteiger partial charge < -0.3 is 4.98 Å². The fourth-order valence-electron chi connectivity index (χ4n) is 1.43. The molecule has 0 saturated heterocycles. The van der Waals surface area contributed by atoms with Crippen molar-refractivity contribution >= 4 is 39.1 Å². The predicted octanol–water partition coefficient (Wildman–Crippen LogP) is 2.48. The first-order chi connectivity index (χ1) is 9.10. The lowest BCUT2D eigenvalue weighted by atomic mass is 10.3. The van der Waals surface area contributed by atoms with Gasteiger partial charge in [0.05, 0.1) is 4.88 Å². The van der Waals surface area contributed by atoms with Gasteiger partial charge in [-0.1, -0.05) is 6.92 Å². The smallest absolute Gasteiger partial charge is 0.286 e. The molecule has 2 amide bonds. The van der Waals surface area contributed by atoms with E-state index in [1.54, 1.807) is 18.3 Å². The van der Waals surface area contributed by atoms with Crippen LogP contribution in [0.5, 0.6) is 0 Å². The number of hydrogen-bond donors (Lipinski definition) is 3. The normalized spacial score (nSPS) is 10.2. The minimum atomic E-state index is -0.397. The van der Waals surface area contributed by atoms with Crippen molar-refractivity contribution in [3.05, 3.63) is 44.3 Å². The van der Waals surface area contributed by atoms with Gasteiger partial charge in [-0.15, -0.1) is 11.3 Å². The highest BCUT2D eigenvalue weighted by atomic mass is 79.9. The van der Waals surface area contributed by atoms with Crippen LogP contribution in [0.25, 0.3) is 0 Å². The molecule has 0 aliphatic carbocycles. The van der Waals surface area contributed by atoms with Crippen LogP contribution in [0.1, 0.15) is 32.0 Å². The number of hydrogen-bond acceptors (Lipinski definition) is 3. The number of aromatic nitrogens is 1. The third-order valence-corrected chi connectivity index (χ3v) is 4.10. The Kier molecular flexibility index (Phi) is 4.39. The number of halogens is 1. The lowest BCUT2D eigenvalue weighted by Gasteiger charge is -2.04. The number of carbonyl (C=O) groups excluding carboxylic acids is 2. The monoisotopic (exact) mass is 341 g/mol. The Balaban J connectivity index is 1.91. The van der Waals surface area contributed by atoms with Crippen LogP contribution in [0, 0.1) is 0 Å². The van der Waals surface area contributed by atoms with Gasteiger partial charge in [-0.2, -0.15) is 0 Å². The summed E-state index contributed by atoms with van der Waals surface area (Å²) in [7, 11) is 0. The Morgan fingerprint density at radius 2 is 2.05 bits per heavy atom. The van der Waals surface area contributed by atoms with Crippen molar-refractivity contribution in [1.82, 2.24) is 15.8 Å². The Bertz CT molecular complexity index is 606. The van der Waals surface area contributed by atoms with Crippen molar-refractivity contribution in [1.29, 1.82) is 0 Å². The van der Waals surface area contributed by atoms with Crippen molar-refractivity contribution in [2.24, 2.45) is 0 Å². The summed E-state index contributed by atoms with van der Waals surface area (Å²) < 4.78 is 0.773. The Morgan fingerprint density at radius 1 is 1.32 bits per heavy atom. The molecule has 0 aromatic carbocycles. The van der Waals surface area contributed by atoms with E-state index in [4.69, 9.17) is 0 Å². The lowest BCUT2D eigenvalue weighted by molar-refractivity contribution is 0.0846. The number of hydrazine groups is 1. The van der Waals surface area contributed by atoms with Crippen LogP contribution in [-0.4, -0.2) is 16.8 Å². The van der Waals surface area contributed by atoms with E-state index >= 15 is 0 Å². The van der Waals surface area contributed by atoms with Crippen LogP contribution in [0.2, 0.25) is 0 Å². The first kappa shape index (κ1) is 13.8. The molecule has 5 nitrogen and oxygen atoms in total. The van der Waals surface area contributed by atoms with Gasteiger partial charge in [0.25, 0.3) is 11.8 Å². The molecule has 2 rings (SSSR count). The molecule has 0 aliphatic heterocycles. The summed E-state index contributed by atoms with van der Waals surface area (Å²) in [5.74, 6) is -0.713. The number of aryl methyl sites for hydroxylation is 1. The van der Waals surface area contributed by atoms with Gasteiger partial charge in [-0.3, -0.25) is 20.4 Å². The van der Waals surface area contributed by atoms with E-state index in [2.05, 4.69) is 31.8 Å². The average molecular weight is 342 g/mol. The standard InChI is InChI=1S/C12H12BrN3O2S/c1-2-8-3-4-10(19-8)12(18)16-15-11(17)9-5-7(13)6-14-9/h3-6,14H,2H2,1H3,(H,15,17)(H,16,18). The van der Waals surface area contributed by atoms with Crippen molar-refractivity contribution in [3.8, 4) is 0 Å². The van der Waals surface area contributed by atoms with Crippen LogP contribution in [-0.2, 0) is 6.42 Å². The summed E-state index contributed by atoms with van der Waals surface area (Å²) >= 11 is 4.64. The molecule has 2 heterocycles. The number of carbonyl (C=O) groups is 2. The van der Waals surface area contributed by atoms with Crippen LogP contribution in [0.3, 0.4) is 0 Å². The second-order valence-corrected chi connectivity index (χ2v) is 5.84. The molecule has 2 aromatic heterocycles. The highest BCUT2D eigenvalue weighted by Crippen LogP contribution is 2.16. The van der Waals surface area contributed by atoms with E-state index in [-0.39, 0.29) is 5.91 Å². The summed E-state index contributed by atoms with van der Waals surface area (Å²) in [4.78, 5) is 27.9. The molecule has 2 aromatic rings. The fraction of sp³-hybridized carbons (Fsp3) is 0.167. The Hall–Kier alpha value is -1.60. The van der Waals surface area contributed by atoms with E-state index in [1.165, 1.54) is 11.3 Å². The summed E-state index contributed by atoms with van der Waals surface area (Å²) in [6, 6.07) is 5.28. The van der Waals surface area contributed by atoms with E-state index in [0.29, 0.717) is 10.6 Å². The second kappa shape index (κ2) is 6.03. The molecule has 19 heavy (non-hydrogen) atoms. The number of aromatic amines is 1. The zero-order valence-electron chi connectivity index (χ0n) is 10.1. The highest BCUT2D eigenvalue weighted by Gasteiger charge is 2.11. The zero-order valence-corrected chi connectivity index (χ0v) is 12.5. The molecule has 0 aliphatic rings. The maximum atomic E-state index is 11.8. The maximum Gasteiger partial charge on any atom is 0.286 e. The maximum absolute atomic E-state index is 11.8. The summed E-state index contributed by atoms with van der Waals surface area (Å²) in [5.41, 5.74) is 5.10. The highest BCUT2D eigenvalue weighted by molar-refractivity contribution is 9.10. The first-order valence-electron chi connectivity index (χ1n) is 5.63. The van der Waals surface area contributed by atoms with Gasteiger partial charge in [0, 0.05) is 15.5 Å². The van der Waals surface area contributed by atoms with E-state index in [0.717, 1.165) is 15.8 Å². The summed E-state index contributed by atoms with van der Waals surface area (Å²) in [5, 5.41) is 0. The quantitative estimate of drug-likeness (QED) is 0.750. The van der Waals surface area contributed by atoms with Crippen molar-refractivity contribution < 1.29 is 9.59 Å². The van der Waals surface area contributed by atoms with E-state index in [1.807, 2.05) is 13.0 Å². The molecule has 100 valence electrons. The molecular weight excluding hydrogens is 330 g/mol. The summed E-state index contributed by atoms with van der Waals surface area (Å²) in [6.45, 7) is 2.03. The van der Waals surface area contributed by atoms with Crippen LogP contribution < -0.4 is 10.9 Å². The Labute approximate surface area is 122 Å². The third kappa shape index (κ3) is 3.45. The second-order valence-electron chi connectivity index (χ2n) is 3.76.